The van der Waals surface area contributed by atoms with Crippen molar-refractivity contribution in [3.8, 4) is 11.8 Å². The van der Waals surface area contributed by atoms with Crippen molar-refractivity contribution in [1.82, 2.24) is 9.97 Å². The smallest absolute Gasteiger partial charge is 0.228 e. The van der Waals surface area contributed by atoms with Crippen molar-refractivity contribution in [2.24, 2.45) is 0 Å². The highest BCUT2D eigenvalue weighted by Gasteiger charge is 2.09. The van der Waals surface area contributed by atoms with E-state index in [1.54, 1.807) is 0 Å². The number of aldehydes is 1. The standard InChI is InChI=1S/C6H6N2O3/c1-3-7-5(10)4(2-9)6(11)8-3/h2H,1H3,(H2,7,8,10,11). The maximum atomic E-state index is 10.2. The molecule has 0 atom stereocenters. The van der Waals surface area contributed by atoms with Gasteiger partial charge in [-0.05, 0) is 6.92 Å². The summed E-state index contributed by atoms with van der Waals surface area (Å²) < 4.78 is 0. The third-order valence-corrected chi connectivity index (χ3v) is 1.14. The zero-order valence-corrected chi connectivity index (χ0v) is 5.77. The predicted octanol–water partition coefficient (Wildman–Crippen LogP) is 0.00872. The van der Waals surface area contributed by atoms with Crippen LogP contribution >= 0.6 is 0 Å². The van der Waals surface area contributed by atoms with E-state index in [-0.39, 0.29) is 11.4 Å². The van der Waals surface area contributed by atoms with Crippen LogP contribution in [0.1, 0.15) is 16.2 Å². The van der Waals surface area contributed by atoms with E-state index in [1.165, 1.54) is 6.92 Å². The zero-order valence-electron chi connectivity index (χ0n) is 5.77. The van der Waals surface area contributed by atoms with Gasteiger partial charge in [-0.2, -0.15) is 9.97 Å². The van der Waals surface area contributed by atoms with Gasteiger partial charge in [-0.25, -0.2) is 0 Å². The summed E-state index contributed by atoms with van der Waals surface area (Å²) in [5.74, 6) is -0.777. The van der Waals surface area contributed by atoms with E-state index in [0.29, 0.717) is 6.29 Å². The van der Waals surface area contributed by atoms with E-state index in [4.69, 9.17) is 10.2 Å². The Hall–Kier alpha value is -1.65. The quantitative estimate of drug-likeness (QED) is 0.556. The summed E-state index contributed by atoms with van der Waals surface area (Å²) in [6.07, 6.45) is 0.296. The first-order chi connectivity index (χ1) is 5.15. The Morgan fingerprint density at radius 1 is 1.27 bits per heavy atom. The van der Waals surface area contributed by atoms with Crippen LogP contribution < -0.4 is 0 Å². The van der Waals surface area contributed by atoms with Crippen molar-refractivity contribution in [3.05, 3.63) is 11.4 Å². The van der Waals surface area contributed by atoms with Gasteiger partial charge in [-0.15, -0.1) is 0 Å². The number of rotatable bonds is 1. The van der Waals surface area contributed by atoms with E-state index in [2.05, 4.69) is 9.97 Å². The van der Waals surface area contributed by atoms with Gasteiger partial charge in [0.15, 0.2) is 6.29 Å². The van der Waals surface area contributed by atoms with Crippen LogP contribution in [0.25, 0.3) is 0 Å². The normalized spacial score (nSPS) is 9.55. The summed E-state index contributed by atoms with van der Waals surface area (Å²) in [6.45, 7) is 1.49. The molecule has 0 saturated carbocycles. The minimum absolute atomic E-state index is 0.214. The van der Waals surface area contributed by atoms with Gasteiger partial charge < -0.3 is 10.2 Å². The van der Waals surface area contributed by atoms with Crippen LogP contribution in [0.4, 0.5) is 0 Å². The molecule has 1 aromatic rings. The number of aryl methyl sites for hydroxylation is 1. The Morgan fingerprint density at radius 3 is 2.09 bits per heavy atom. The van der Waals surface area contributed by atoms with E-state index >= 15 is 0 Å². The fourth-order valence-electron chi connectivity index (χ4n) is 0.657. The molecule has 0 amide bonds. The summed E-state index contributed by atoms with van der Waals surface area (Å²) in [7, 11) is 0. The maximum Gasteiger partial charge on any atom is 0.228 e. The maximum absolute atomic E-state index is 10.2. The van der Waals surface area contributed by atoms with Crippen molar-refractivity contribution in [1.29, 1.82) is 0 Å². The van der Waals surface area contributed by atoms with Gasteiger partial charge >= 0.3 is 0 Å². The van der Waals surface area contributed by atoms with Crippen LogP contribution in [0.3, 0.4) is 0 Å². The van der Waals surface area contributed by atoms with Crippen molar-refractivity contribution in [2.75, 3.05) is 0 Å². The van der Waals surface area contributed by atoms with Gasteiger partial charge in [0, 0.05) is 0 Å². The predicted molar refractivity (Wildman–Crippen MR) is 35.5 cm³/mol. The van der Waals surface area contributed by atoms with Crippen LogP contribution in [0.5, 0.6) is 11.8 Å². The molecular formula is C6H6N2O3. The molecule has 5 nitrogen and oxygen atoms in total. The lowest BCUT2D eigenvalue weighted by Crippen LogP contribution is -1.93. The Bertz CT molecular complexity index is 275. The molecule has 0 bridgehead atoms. The topological polar surface area (TPSA) is 83.3 Å². The molecule has 0 spiro atoms. The summed E-state index contributed by atoms with van der Waals surface area (Å²) in [5, 5.41) is 17.9. The monoisotopic (exact) mass is 154 g/mol. The average Bonchev–Trinajstić information content (AvgIpc) is 1.85. The first-order valence-corrected chi connectivity index (χ1v) is 2.87. The second-order valence-corrected chi connectivity index (χ2v) is 1.95. The Labute approximate surface area is 62.4 Å². The molecule has 58 valence electrons. The number of nitrogens with zero attached hydrogens (tertiary/aromatic N) is 2. The van der Waals surface area contributed by atoms with Crippen molar-refractivity contribution in [3.63, 3.8) is 0 Å². The lowest BCUT2D eigenvalue weighted by molar-refractivity contribution is 0.111. The summed E-state index contributed by atoms with van der Waals surface area (Å²) in [6, 6.07) is 0. The number of hydrogen-bond acceptors (Lipinski definition) is 5. The molecule has 0 saturated heterocycles. The molecule has 0 aromatic carbocycles. The molecule has 0 aliphatic carbocycles. The number of carbonyl (C=O) groups excluding carboxylic acids is 1. The molecule has 0 radical (unpaired) electrons. The highest BCUT2D eigenvalue weighted by molar-refractivity contribution is 5.80. The molecule has 1 rings (SSSR count). The van der Waals surface area contributed by atoms with Gasteiger partial charge in [0.25, 0.3) is 0 Å². The Kier molecular flexibility index (Phi) is 1.72. The number of hydrogen-bond donors (Lipinski definition) is 2. The zero-order chi connectivity index (χ0) is 8.43. The van der Waals surface area contributed by atoms with Crippen LogP contribution in [0, 0.1) is 6.92 Å². The Morgan fingerprint density at radius 2 is 1.73 bits per heavy atom. The van der Waals surface area contributed by atoms with Crippen LogP contribution in [-0.2, 0) is 0 Å². The molecule has 0 unspecified atom stereocenters. The third kappa shape index (κ3) is 1.26. The van der Waals surface area contributed by atoms with Gasteiger partial charge in [-0.1, -0.05) is 0 Å². The van der Waals surface area contributed by atoms with Gasteiger partial charge in [0.05, 0.1) is 0 Å². The number of aromatic hydroxyl groups is 2. The lowest BCUT2D eigenvalue weighted by Gasteiger charge is -1.98. The number of aromatic nitrogens is 2. The van der Waals surface area contributed by atoms with E-state index < -0.39 is 11.8 Å². The summed E-state index contributed by atoms with van der Waals surface area (Å²) in [5.41, 5.74) is -0.282. The fraction of sp³-hybridized carbons (Fsp3) is 0.167. The van der Waals surface area contributed by atoms with Crippen molar-refractivity contribution < 1.29 is 15.0 Å². The van der Waals surface area contributed by atoms with E-state index in [9.17, 15) is 4.79 Å². The summed E-state index contributed by atoms with van der Waals surface area (Å²) >= 11 is 0. The highest BCUT2D eigenvalue weighted by atomic mass is 16.3. The van der Waals surface area contributed by atoms with Gasteiger partial charge in [0.2, 0.25) is 11.8 Å². The van der Waals surface area contributed by atoms with Crippen LogP contribution in [-0.4, -0.2) is 26.5 Å². The molecule has 5 heteroatoms. The van der Waals surface area contributed by atoms with E-state index in [0.717, 1.165) is 0 Å². The molecular weight excluding hydrogens is 148 g/mol. The first kappa shape index (κ1) is 7.46. The molecule has 0 fully saturated rings. The first-order valence-electron chi connectivity index (χ1n) is 2.87. The summed E-state index contributed by atoms with van der Waals surface area (Å²) in [4.78, 5) is 17.1. The third-order valence-electron chi connectivity index (χ3n) is 1.14. The molecule has 11 heavy (non-hydrogen) atoms. The largest absolute Gasteiger partial charge is 0.493 e. The molecule has 0 aliphatic rings. The molecule has 2 N–H and O–H groups in total. The second kappa shape index (κ2) is 2.53. The average molecular weight is 154 g/mol. The van der Waals surface area contributed by atoms with Gasteiger partial charge in [-0.3, -0.25) is 4.79 Å². The highest BCUT2D eigenvalue weighted by Crippen LogP contribution is 2.19. The minimum Gasteiger partial charge on any atom is -0.493 e. The van der Waals surface area contributed by atoms with Crippen LogP contribution in [0.2, 0.25) is 0 Å². The second-order valence-electron chi connectivity index (χ2n) is 1.95. The SMILES string of the molecule is Cc1nc(O)c(C=O)c(O)n1. The number of carbonyl (C=O) groups is 1. The van der Waals surface area contributed by atoms with Crippen molar-refractivity contribution in [2.45, 2.75) is 6.92 Å². The molecule has 0 aliphatic heterocycles. The molecule has 1 aromatic heterocycles. The van der Waals surface area contributed by atoms with Gasteiger partial charge in [0.1, 0.15) is 11.4 Å². The Balaban J connectivity index is 3.36. The minimum atomic E-state index is -0.495. The van der Waals surface area contributed by atoms with Crippen LogP contribution in [0.15, 0.2) is 0 Å². The van der Waals surface area contributed by atoms with E-state index in [1.807, 2.05) is 0 Å². The van der Waals surface area contributed by atoms with Crippen molar-refractivity contribution >= 4 is 6.29 Å². The lowest BCUT2D eigenvalue weighted by atomic mass is 10.3. The molecule has 1 heterocycles. The fourth-order valence-corrected chi connectivity index (χ4v) is 0.657.